The molecule has 3 aromatic rings. The number of nitrogens with one attached hydrogen (secondary N) is 2. The number of furan rings is 1. The van der Waals surface area contributed by atoms with Crippen molar-refractivity contribution in [3.05, 3.63) is 71.1 Å². The number of carbonyl (C=O) groups excluding carboxylic acids is 2. The minimum atomic E-state index is -0.361. The predicted molar refractivity (Wildman–Crippen MR) is 105 cm³/mol. The van der Waals surface area contributed by atoms with E-state index in [1.165, 1.54) is 23.2 Å². The van der Waals surface area contributed by atoms with Gasteiger partial charge in [0.25, 0.3) is 5.91 Å². The molecule has 7 heteroatoms. The first-order valence-electron chi connectivity index (χ1n) is 8.72. The van der Waals surface area contributed by atoms with E-state index >= 15 is 0 Å². The number of amides is 2. The van der Waals surface area contributed by atoms with Crippen LogP contribution < -0.4 is 10.6 Å². The van der Waals surface area contributed by atoms with Gasteiger partial charge in [0.2, 0.25) is 5.91 Å². The molecule has 2 N–H and O–H groups in total. The van der Waals surface area contributed by atoms with Crippen molar-refractivity contribution < 1.29 is 14.0 Å². The predicted octanol–water partition coefficient (Wildman–Crippen LogP) is 3.67. The SMILES string of the molecule is CC(CCc1ccccc1)NC(=O)Cc1csc(NC(=O)c2ccco2)n1. The molecule has 140 valence electrons. The molecular formula is C20H21N3O3S. The third kappa shape index (κ3) is 5.79. The molecule has 0 spiro atoms. The van der Waals surface area contributed by atoms with Crippen LogP contribution in [0.25, 0.3) is 0 Å². The lowest BCUT2D eigenvalue weighted by atomic mass is 10.1. The molecule has 0 fully saturated rings. The molecule has 3 rings (SSSR count). The summed E-state index contributed by atoms with van der Waals surface area (Å²) in [4.78, 5) is 28.4. The second-order valence-corrected chi connectivity index (χ2v) is 7.10. The van der Waals surface area contributed by atoms with Crippen LogP contribution >= 0.6 is 11.3 Å². The zero-order chi connectivity index (χ0) is 19.1. The first-order valence-corrected chi connectivity index (χ1v) is 9.60. The zero-order valence-electron chi connectivity index (χ0n) is 15.0. The summed E-state index contributed by atoms with van der Waals surface area (Å²) in [7, 11) is 0. The number of aryl methyl sites for hydroxylation is 1. The number of aromatic nitrogens is 1. The molecular weight excluding hydrogens is 362 g/mol. The molecule has 6 nitrogen and oxygen atoms in total. The van der Waals surface area contributed by atoms with Crippen LogP contribution in [-0.4, -0.2) is 22.8 Å². The maximum atomic E-state index is 12.2. The standard InChI is InChI=1S/C20H21N3O3S/c1-14(9-10-15-6-3-2-4-7-15)21-18(24)12-16-13-27-20(22-16)23-19(25)17-8-5-11-26-17/h2-8,11,13-14H,9-10,12H2,1H3,(H,21,24)(H,22,23,25). The summed E-state index contributed by atoms with van der Waals surface area (Å²) in [5, 5.41) is 7.87. The highest BCUT2D eigenvalue weighted by Crippen LogP contribution is 2.17. The summed E-state index contributed by atoms with van der Waals surface area (Å²) in [6.07, 6.45) is 3.41. The molecule has 0 aliphatic carbocycles. The first-order chi connectivity index (χ1) is 13.1. The van der Waals surface area contributed by atoms with Crippen LogP contribution in [-0.2, 0) is 17.6 Å². The molecule has 2 amide bonds. The fourth-order valence-electron chi connectivity index (χ4n) is 2.60. The maximum absolute atomic E-state index is 12.2. The highest BCUT2D eigenvalue weighted by Gasteiger charge is 2.14. The number of hydrogen-bond acceptors (Lipinski definition) is 5. The zero-order valence-corrected chi connectivity index (χ0v) is 15.8. The molecule has 2 heterocycles. The number of thiazole rings is 1. The van der Waals surface area contributed by atoms with E-state index in [1.807, 2.05) is 25.1 Å². The topological polar surface area (TPSA) is 84.2 Å². The van der Waals surface area contributed by atoms with Gasteiger partial charge in [-0.15, -0.1) is 11.3 Å². The van der Waals surface area contributed by atoms with Gasteiger partial charge in [0.15, 0.2) is 10.9 Å². The summed E-state index contributed by atoms with van der Waals surface area (Å²) in [6.45, 7) is 2.00. The Morgan fingerprint density at radius 1 is 1.19 bits per heavy atom. The Morgan fingerprint density at radius 3 is 2.74 bits per heavy atom. The lowest BCUT2D eigenvalue weighted by Crippen LogP contribution is -2.34. The average molecular weight is 383 g/mol. The molecule has 0 saturated heterocycles. The van der Waals surface area contributed by atoms with Crippen molar-refractivity contribution in [2.45, 2.75) is 32.2 Å². The van der Waals surface area contributed by atoms with Crippen molar-refractivity contribution in [2.24, 2.45) is 0 Å². The van der Waals surface area contributed by atoms with E-state index in [-0.39, 0.29) is 30.0 Å². The molecule has 1 aromatic carbocycles. The van der Waals surface area contributed by atoms with E-state index in [0.717, 1.165) is 12.8 Å². The van der Waals surface area contributed by atoms with E-state index in [2.05, 4.69) is 27.8 Å². The largest absolute Gasteiger partial charge is 0.459 e. The van der Waals surface area contributed by atoms with Crippen LogP contribution in [0, 0.1) is 0 Å². The number of rotatable bonds is 8. The molecule has 0 aliphatic heterocycles. The van der Waals surface area contributed by atoms with Gasteiger partial charge < -0.3 is 9.73 Å². The Morgan fingerprint density at radius 2 is 2.00 bits per heavy atom. The summed E-state index contributed by atoms with van der Waals surface area (Å²) in [6, 6.07) is 13.5. The van der Waals surface area contributed by atoms with Gasteiger partial charge in [-0.3, -0.25) is 14.9 Å². The number of nitrogens with zero attached hydrogens (tertiary/aromatic N) is 1. The van der Waals surface area contributed by atoms with E-state index in [4.69, 9.17) is 4.42 Å². The van der Waals surface area contributed by atoms with Crippen molar-refractivity contribution in [3.8, 4) is 0 Å². The first kappa shape index (κ1) is 18.8. The van der Waals surface area contributed by atoms with E-state index in [0.29, 0.717) is 10.8 Å². The minimum Gasteiger partial charge on any atom is -0.459 e. The molecule has 27 heavy (non-hydrogen) atoms. The van der Waals surface area contributed by atoms with Crippen molar-refractivity contribution >= 4 is 28.3 Å². The Kier molecular flexibility index (Phi) is 6.38. The normalized spacial score (nSPS) is 11.7. The van der Waals surface area contributed by atoms with Gasteiger partial charge in [-0.1, -0.05) is 30.3 Å². The van der Waals surface area contributed by atoms with Gasteiger partial charge in [0, 0.05) is 11.4 Å². The Hall–Kier alpha value is -2.93. The Balaban J connectivity index is 1.44. The van der Waals surface area contributed by atoms with Crippen LogP contribution in [0.3, 0.4) is 0 Å². The van der Waals surface area contributed by atoms with Crippen molar-refractivity contribution in [2.75, 3.05) is 5.32 Å². The quantitative estimate of drug-likeness (QED) is 0.622. The minimum absolute atomic E-state index is 0.0782. The molecule has 1 unspecified atom stereocenters. The summed E-state index contributed by atoms with van der Waals surface area (Å²) < 4.78 is 5.04. The van der Waals surface area contributed by atoms with Crippen LogP contribution in [0.1, 0.15) is 35.2 Å². The highest BCUT2D eigenvalue weighted by atomic mass is 32.1. The molecule has 0 saturated carbocycles. The van der Waals surface area contributed by atoms with Crippen LogP contribution in [0.2, 0.25) is 0 Å². The van der Waals surface area contributed by atoms with E-state index < -0.39 is 0 Å². The highest BCUT2D eigenvalue weighted by molar-refractivity contribution is 7.14. The molecule has 0 aliphatic rings. The van der Waals surface area contributed by atoms with Gasteiger partial charge in [-0.25, -0.2) is 4.98 Å². The van der Waals surface area contributed by atoms with Gasteiger partial charge >= 0.3 is 0 Å². The number of carbonyl (C=O) groups is 2. The van der Waals surface area contributed by atoms with E-state index in [9.17, 15) is 9.59 Å². The van der Waals surface area contributed by atoms with Crippen molar-refractivity contribution in [1.82, 2.24) is 10.3 Å². The number of benzene rings is 1. The summed E-state index contributed by atoms with van der Waals surface area (Å²) in [5.41, 5.74) is 1.89. The summed E-state index contributed by atoms with van der Waals surface area (Å²) >= 11 is 1.28. The second-order valence-electron chi connectivity index (χ2n) is 6.25. The fraction of sp³-hybridized carbons (Fsp3) is 0.250. The number of hydrogen-bond donors (Lipinski definition) is 2. The molecule has 1 atom stereocenters. The van der Waals surface area contributed by atoms with Gasteiger partial charge in [-0.2, -0.15) is 0 Å². The second kappa shape index (κ2) is 9.14. The molecule has 0 bridgehead atoms. The maximum Gasteiger partial charge on any atom is 0.293 e. The van der Waals surface area contributed by atoms with Gasteiger partial charge in [-0.05, 0) is 37.5 Å². The lowest BCUT2D eigenvalue weighted by Gasteiger charge is -2.13. The molecule has 2 aromatic heterocycles. The number of anilines is 1. The Labute approximate surface area is 161 Å². The van der Waals surface area contributed by atoms with Gasteiger partial charge in [0.05, 0.1) is 18.4 Å². The summed E-state index contributed by atoms with van der Waals surface area (Å²) in [5.74, 6) is -0.221. The monoisotopic (exact) mass is 383 g/mol. The average Bonchev–Trinajstić information content (AvgIpc) is 3.33. The van der Waals surface area contributed by atoms with E-state index in [1.54, 1.807) is 17.5 Å². The van der Waals surface area contributed by atoms with Crippen LogP contribution in [0.4, 0.5) is 5.13 Å². The smallest absolute Gasteiger partial charge is 0.293 e. The third-order valence-electron chi connectivity index (χ3n) is 3.98. The van der Waals surface area contributed by atoms with Crippen LogP contribution in [0.5, 0.6) is 0 Å². The third-order valence-corrected chi connectivity index (χ3v) is 4.78. The Bertz CT molecular complexity index is 875. The van der Waals surface area contributed by atoms with Crippen LogP contribution in [0.15, 0.2) is 58.5 Å². The van der Waals surface area contributed by atoms with Crippen molar-refractivity contribution in [3.63, 3.8) is 0 Å². The lowest BCUT2D eigenvalue weighted by molar-refractivity contribution is -0.121. The van der Waals surface area contributed by atoms with Crippen molar-refractivity contribution in [1.29, 1.82) is 0 Å². The fourth-order valence-corrected chi connectivity index (χ4v) is 3.31. The molecule has 0 radical (unpaired) electrons. The van der Waals surface area contributed by atoms with Gasteiger partial charge in [0.1, 0.15) is 0 Å².